The molecular weight excluding hydrogens is 296 g/mol. The van der Waals surface area contributed by atoms with Crippen molar-refractivity contribution in [3.63, 3.8) is 0 Å². The van der Waals surface area contributed by atoms with Gasteiger partial charge in [-0.15, -0.1) is 0 Å². The summed E-state index contributed by atoms with van der Waals surface area (Å²) in [6.07, 6.45) is 0.838. The van der Waals surface area contributed by atoms with Crippen molar-refractivity contribution < 1.29 is 19.1 Å². The van der Waals surface area contributed by atoms with Crippen LogP contribution in [0.5, 0.6) is 5.75 Å². The van der Waals surface area contributed by atoms with Crippen LogP contribution in [0.15, 0.2) is 24.3 Å². The van der Waals surface area contributed by atoms with Gasteiger partial charge in [0, 0.05) is 31.8 Å². The summed E-state index contributed by atoms with van der Waals surface area (Å²) in [6.45, 7) is 5.96. The molecule has 23 heavy (non-hydrogen) atoms. The van der Waals surface area contributed by atoms with Gasteiger partial charge >= 0.3 is 12.0 Å². The fourth-order valence-electron chi connectivity index (χ4n) is 1.87. The van der Waals surface area contributed by atoms with Crippen molar-refractivity contribution >= 4 is 17.7 Å². The van der Waals surface area contributed by atoms with Crippen LogP contribution in [0.4, 0.5) is 10.5 Å². The summed E-state index contributed by atoms with van der Waals surface area (Å²) in [5.41, 5.74) is 0.181. The van der Waals surface area contributed by atoms with Crippen LogP contribution >= 0.6 is 0 Å². The van der Waals surface area contributed by atoms with Gasteiger partial charge in [-0.3, -0.25) is 4.79 Å². The Morgan fingerprint density at radius 1 is 1.26 bits per heavy atom. The predicted octanol–water partition coefficient (Wildman–Crippen LogP) is 3.28. The minimum Gasteiger partial charge on any atom is -0.497 e. The van der Waals surface area contributed by atoms with Crippen molar-refractivity contribution in [3.8, 4) is 5.75 Å². The second kappa shape index (κ2) is 8.41. The van der Waals surface area contributed by atoms with Crippen LogP contribution in [0.25, 0.3) is 0 Å². The number of rotatable bonds is 6. The standard InChI is InChI=1S/C17H26N2O4/c1-17(2,3)23-15(20)10-7-11-19(4)16(21)18-13-8-6-9-14(12-13)22-5/h6,8-9,12H,7,10-11H2,1-5H3,(H,18,21). The summed E-state index contributed by atoms with van der Waals surface area (Å²) in [5, 5.41) is 2.78. The van der Waals surface area contributed by atoms with Gasteiger partial charge in [-0.2, -0.15) is 0 Å². The van der Waals surface area contributed by atoms with Crippen molar-refractivity contribution in [1.82, 2.24) is 4.90 Å². The first kappa shape index (κ1) is 18.8. The maximum absolute atomic E-state index is 12.1. The number of urea groups is 1. The molecule has 0 aliphatic heterocycles. The molecule has 0 aromatic heterocycles. The molecule has 0 fully saturated rings. The summed E-state index contributed by atoms with van der Waals surface area (Å²) < 4.78 is 10.3. The lowest BCUT2D eigenvalue weighted by Crippen LogP contribution is -2.32. The zero-order valence-corrected chi connectivity index (χ0v) is 14.5. The first-order valence-corrected chi connectivity index (χ1v) is 7.59. The zero-order chi connectivity index (χ0) is 17.5. The molecule has 0 saturated carbocycles. The average Bonchev–Trinajstić information content (AvgIpc) is 2.45. The van der Waals surface area contributed by atoms with E-state index in [1.54, 1.807) is 38.4 Å². The molecule has 2 amide bonds. The Hall–Kier alpha value is -2.24. The normalized spacial score (nSPS) is 10.8. The van der Waals surface area contributed by atoms with E-state index in [2.05, 4.69) is 5.32 Å². The lowest BCUT2D eigenvalue weighted by molar-refractivity contribution is -0.154. The van der Waals surface area contributed by atoms with Gasteiger partial charge in [0.15, 0.2) is 0 Å². The van der Waals surface area contributed by atoms with Crippen LogP contribution in [0.2, 0.25) is 0 Å². The van der Waals surface area contributed by atoms with Crippen molar-refractivity contribution in [1.29, 1.82) is 0 Å². The lowest BCUT2D eigenvalue weighted by atomic mass is 10.2. The molecule has 0 radical (unpaired) electrons. The minimum atomic E-state index is -0.479. The number of esters is 1. The molecule has 0 unspecified atom stereocenters. The van der Waals surface area contributed by atoms with E-state index >= 15 is 0 Å². The van der Waals surface area contributed by atoms with Gasteiger partial charge < -0.3 is 19.7 Å². The number of ether oxygens (including phenoxy) is 2. The van der Waals surface area contributed by atoms with Crippen molar-refractivity contribution in [2.24, 2.45) is 0 Å². The SMILES string of the molecule is COc1cccc(NC(=O)N(C)CCCC(=O)OC(C)(C)C)c1. The highest BCUT2D eigenvalue weighted by Gasteiger charge is 2.16. The van der Waals surface area contributed by atoms with E-state index in [9.17, 15) is 9.59 Å². The molecule has 0 heterocycles. The summed E-state index contributed by atoms with van der Waals surface area (Å²) in [5.74, 6) is 0.425. The molecule has 6 heteroatoms. The highest BCUT2D eigenvalue weighted by atomic mass is 16.6. The van der Waals surface area contributed by atoms with Gasteiger partial charge in [-0.25, -0.2) is 4.79 Å². The van der Waals surface area contributed by atoms with E-state index in [1.165, 1.54) is 4.90 Å². The van der Waals surface area contributed by atoms with Crippen LogP contribution < -0.4 is 10.1 Å². The van der Waals surface area contributed by atoms with Gasteiger partial charge in [-0.05, 0) is 39.3 Å². The fourth-order valence-corrected chi connectivity index (χ4v) is 1.87. The van der Waals surface area contributed by atoms with E-state index in [4.69, 9.17) is 9.47 Å². The Balaban J connectivity index is 2.38. The Labute approximate surface area is 137 Å². The Kier molecular flexibility index (Phi) is 6.88. The first-order valence-electron chi connectivity index (χ1n) is 7.59. The first-order chi connectivity index (χ1) is 10.7. The van der Waals surface area contributed by atoms with E-state index in [1.807, 2.05) is 20.8 Å². The lowest BCUT2D eigenvalue weighted by Gasteiger charge is -2.21. The molecule has 0 aliphatic rings. The van der Waals surface area contributed by atoms with Gasteiger partial charge in [0.1, 0.15) is 11.4 Å². The van der Waals surface area contributed by atoms with Crippen molar-refractivity contribution in [2.75, 3.05) is 26.0 Å². The van der Waals surface area contributed by atoms with E-state index in [-0.39, 0.29) is 18.4 Å². The number of nitrogens with one attached hydrogen (secondary N) is 1. The van der Waals surface area contributed by atoms with E-state index in [0.29, 0.717) is 24.4 Å². The van der Waals surface area contributed by atoms with Crippen LogP contribution in [-0.2, 0) is 9.53 Å². The van der Waals surface area contributed by atoms with Gasteiger partial charge in [0.25, 0.3) is 0 Å². The Morgan fingerprint density at radius 2 is 1.96 bits per heavy atom. The summed E-state index contributed by atoms with van der Waals surface area (Å²) in [4.78, 5) is 25.2. The third kappa shape index (κ3) is 7.54. The van der Waals surface area contributed by atoms with E-state index in [0.717, 1.165) is 0 Å². The third-order valence-corrected chi connectivity index (χ3v) is 2.96. The van der Waals surface area contributed by atoms with Crippen molar-refractivity contribution in [3.05, 3.63) is 24.3 Å². The van der Waals surface area contributed by atoms with Crippen LogP contribution in [0, 0.1) is 0 Å². The number of amides is 2. The number of nitrogens with zero attached hydrogens (tertiary/aromatic N) is 1. The summed E-state index contributed by atoms with van der Waals surface area (Å²) in [7, 11) is 3.26. The minimum absolute atomic E-state index is 0.234. The Morgan fingerprint density at radius 3 is 2.57 bits per heavy atom. The third-order valence-electron chi connectivity index (χ3n) is 2.96. The largest absolute Gasteiger partial charge is 0.497 e. The molecule has 0 atom stereocenters. The highest BCUT2D eigenvalue weighted by molar-refractivity contribution is 5.89. The Bertz CT molecular complexity index is 538. The number of hydrogen-bond acceptors (Lipinski definition) is 4. The van der Waals surface area contributed by atoms with Crippen LogP contribution in [-0.4, -0.2) is 43.2 Å². The zero-order valence-electron chi connectivity index (χ0n) is 14.5. The number of carbonyl (C=O) groups is 2. The van der Waals surface area contributed by atoms with Crippen LogP contribution in [0.1, 0.15) is 33.6 Å². The molecule has 0 saturated heterocycles. The molecule has 128 valence electrons. The highest BCUT2D eigenvalue weighted by Crippen LogP contribution is 2.17. The number of carbonyl (C=O) groups excluding carboxylic acids is 2. The number of benzene rings is 1. The molecular formula is C17H26N2O4. The van der Waals surface area contributed by atoms with Gasteiger partial charge in [0.2, 0.25) is 0 Å². The molecule has 0 aliphatic carbocycles. The van der Waals surface area contributed by atoms with Crippen molar-refractivity contribution in [2.45, 2.75) is 39.2 Å². The molecule has 1 aromatic carbocycles. The van der Waals surface area contributed by atoms with Crippen LogP contribution in [0.3, 0.4) is 0 Å². The van der Waals surface area contributed by atoms with Gasteiger partial charge in [0.05, 0.1) is 7.11 Å². The number of hydrogen-bond donors (Lipinski definition) is 1. The maximum Gasteiger partial charge on any atom is 0.321 e. The smallest absolute Gasteiger partial charge is 0.321 e. The quantitative estimate of drug-likeness (QED) is 0.816. The van der Waals surface area contributed by atoms with Gasteiger partial charge in [-0.1, -0.05) is 6.07 Å². The fraction of sp³-hybridized carbons (Fsp3) is 0.529. The molecule has 1 rings (SSSR count). The molecule has 1 N–H and O–H groups in total. The second-order valence-electron chi connectivity index (χ2n) is 6.27. The number of anilines is 1. The predicted molar refractivity (Wildman–Crippen MR) is 89.7 cm³/mol. The monoisotopic (exact) mass is 322 g/mol. The summed E-state index contributed by atoms with van der Waals surface area (Å²) >= 11 is 0. The maximum atomic E-state index is 12.1. The number of methoxy groups -OCH3 is 1. The molecule has 6 nitrogen and oxygen atoms in total. The summed E-state index contributed by atoms with van der Waals surface area (Å²) in [6, 6.07) is 6.90. The molecule has 0 bridgehead atoms. The second-order valence-corrected chi connectivity index (χ2v) is 6.27. The van der Waals surface area contributed by atoms with E-state index < -0.39 is 5.60 Å². The average molecular weight is 322 g/mol. The topological polar surface area (TPSA) is 67.9 Å². The molecule has 1 aromatic rings. The molecule has 0 spiro atoms.